The lowest BCUT2D eigenvalue weighted by Crippen LogP contribution is -2.03. The van der Waals surface area contributed by atoms with Crippen molar-refractivity contribution in [2.24, 2.45) is 0 Å². The second-order valence-electron chi connectivity index (χ2n) is 3.41. The van der Waals surface area contributed by atoms with E-state index in [2.05, 4.69) is 31.2 Å². The first-order valence-electron chi connectivity index (χ1n) is 5.17. The number of nitrogens with one attached hydrogen (secondary N) is 1. The zero-order valence-corrected chi connectivity index (χ0v) is 10.8. The molecule has 0 amide bonds. The molecular weight excluding hydrogens is 289 g/mol. The van der Waals surface area contributed by atoms with Crippen LogP contribution in [0.25, 0.3) is 0 Å². The van der Waals surface area contributed by atoms with E-state index in [0.717, 1.165) is 12.2 Å². The Bertz CT molecular complexity index is 515. The van der Waals surface area contributed by atoms with E-state index in [1.165, 1.54) is 12.3 Å². The Balaban J connectivity index is 2.02. The predicted molar refractivity (Wildman–Crippen MR) is 65.1 cm³/mol. The summed E-state index contributed by atoms with van der Waals surface area (Å²) in [6, 6.07) is 1.35. The smallest absolute Gasteiger partial charge is 0.213 e. The van der Waals surface area contributed by atoms with E-state index in [0.29, 0.717) is 16.9 Å². The minimum Gasteiger partial charge on any atom is -0.444 e. The molecule has 0 fully saturated rings. The van der Waals surface area contributed by atoms with E-state index in [9.17, 15) is 4.39 Å². The van der Waals surface area contributed by atoms with Gasteiger partial charge in [0, 0.05) is 17.1 Å². The molecule has 6 heteroatoms. The van der Waals surface area contributed by atoms with Crippen LogP contribution in [-0.2, 0) is 13.0 Å². The van der Waals surface area contributed by atoms with Crippen LogP contribution in [0.2, 0.25) is 0 Å². The molecule has 0 saturated heterocycles. The summed E-state index contributed by atoms with van der Waals surface area (Å²) in [4.78, 5) is 7.98. The first-order chi connectivity index (χ1) is 8.19. The highest BCUT2D eigenvalue weighted by Gasteiger charge is 2.06. The fraction of sp³-hybridized carbons (Fsp3) is 0.273. The molecule has 0 bridgehead atoms. The van der Waals surface area contributed by atoms with Gasteiger partial charge in [0.1, 0.15) is 5.76 Å². The van der Waals surface area contributed by atoms with Crippen molar-refractivity contribution in [2.45, 2.75) is 19.9 Å². The van der Waals surface area contributed by atoms with Crippen molar-refractivity contribution in [1.82, 2.24) is 9.97 Å². The van der Waals surface area contributed by atoms with Crippen molar-refractivity contribution in [3.05, 3.63) is 40.4 Å². The summed E-state index contributed by atoms with van der Waals surface area (Å²) in [6.07, 6.45) is 3.98. The average molecular weight is 300 g/mol. The molecule has 0 spiro atoms. The molecule has 0 aromatic carbocycles. The lowest BCUT2D eigenvalue weighted by molar-refractivity contribution is 0.465. The first-order valence-corrected chi connectivity index (χ1v) is 5.97. The van der Waals surface area contributed by atoms with Crippen LogP contribution in [0.4, 0.5) is 10.2 Å². The van der Waals surface area contributed by atoms with Crippen molar-refractivity contribution < 1.29 is 8.81 Å². The Hall–Kier alpha value is -1.43. The predicted octanol–water partition coefficient (Wildman–Crippen LogP) is 3.15. The number of rotatable bonds is 4. The van der Waals surface area contributed by atoms with E-state index in [1.54, 1.807) is 6.20 Å². The number of anilines is 1. The van der Waals surface area contributed by atoms with Gasteiger partial charge < -0.3 is 9.73 Å². The maximum Gasteiger partial charge on any atom is 0.213 e. The summed E-state index contributed by atoms with van der Waals surface area (Å²) in [7, 11) is 0. The van der Waals surface area contributed by atoms with Crippen LogP contribution < -0.4 is 5.32 Å². The monoisotopic (exact) mass is 299 g/mol. The SMILES string of the molecule is CCc1cnc(CNc2ncc(Br)cc2F)o1. The highest BCUT2D eigenvalue weighted by molar-refractivity contribution is 9.10. The van der Waals surface area contributed by atoms with Gasteiger partial charge >= 0.3 is 0 Å². The summed E-state index contributed by atoms with van der Waals surface area (Å²) in [5.41, 5.74) is 0. The number of oxazole rings is 1. The largest absolute Gasteiger partial charge is 0.444 e. The number of halogens is 2. The molecule has 2 rings (SSSR count). The summed E-state index contributed by atoms with van der Waals surface area (Å²) in [6.45, 7) is 2.29. The highest BCUT2D eigenvalue weighted by Crippen LogP contribution is 2.16. The van der Waals surface area contributed by atoms with Gasteiger partial charge in [-0.15, -0.1) is 0 Å². The molecule has 0 atom stereocenters. The van der Waals surface area contributed by atoms with Gasteiger partial charge in [0.25, 0.3) is 0 Å². The first kappa shape index (κ1) is 12.0. The molecule has 1 N–H and O–H groups in total. The molecule has 0 radical (unpaired) electrons. The van der Waals surface area contributed by atoms with E-state index in [-0.39, 0.29) is 5.82 Å². The molecule has 0 unspecified atom stereocenters. The lowest BCUT2D eigenvalue weighted by atomic mass is 10.4. The fourth-order valence-corrected chi connectivity index (χ4v) is 1.60. The van der Waals surface area contributed by atoms with Crippen molar-refractivity contribution in [2.75, 3.05) is 5.32 Å². The topological polar surface area (TPSA) is 51.0 Å². The molecule has 0 saturated carbocycles. The van der Waals surface area contributed by atoms with Gasteiger partial charge in [-0.3, -0.25) is 0 Å². The second-order valence-corrected chi connectivity index (χ2v) is 4.33. The van der Waals surface area contributed by atoms with E-state index < -0.39 is 5.82 Å². The quantitative estimate of drug-likeness (QED) is 0.942. The maximum atomic E-state index is 13.4. The molecule has 0 aliphatic rings. The van der Waals surface area contributed by atoms with E-state index in [4.69, 9.17) is 4.42 Å². The molecule has 4 nitrogen and oxygen atoms in total. The molecular formula is C11H11BrFN3O. The number of nitrogens with zero attached hydrogens (tertiary/aromatic N) is 2. The van der Waals surface area contributed by atoms with Crippen LogP contribution in [0.1, 0.15) is 18.6 Å². The zero-order chi connectivity index (χ0) is 12.3. The summed E-state index contributed by atoms with van der Waals surface area (Å²) < 4.78 is 19.4. The Morgan fingerprint density at radius 2 is 2.24 bits per heavy atom. The maximum absolute atomic E-state index is 13.4. The zero-order valence-electron chi connectivity index (χ0n) is 9.20. The van der Waals surface area contributed by atoms with Crippen LogP contribution in [0.5, 0.6) is 0 Å². The van der Waals surface area contributed by atoms with Gasteiger partial charge in [-0.2, -0.15) is 0 Å². The van der Waals surface area contributed by atoms with Crippen molar-refractivity contribution in [3.8, 4) is 0 Å². The molecule has 2 heterocycles. The fourth-order valence-electron chi connectivity index (χ4n) is 1.30. The molecule has 17 heavy (non-hydrogen) atoms. The van der Waals surface area contributed by atoms with Gasteiger partial charge in [0.05, 0.1) is 12.7 Å². The van der Waals surface area contributed by atoms with Crippen LogP contribution >= 0.6 is 15.9 Å². The second kappa shape index (κ2) is 5.27. The van der Waals surface area contributed by atoms with Crippen LogP contribution in [-0.4, -0.2) is 9.97 Å². The summed E-state index contributed by atoms with van der Waals surface area (Å²) >= 11 is 3.14. The van der Waals surface area contributed by atoms with Gasteiger partial charge in [-0.25, -0.2) is 14.4 Å². The van der Waals surface area contributed by atoms with Crippen LogP contribution in [0, 0.1) is 5.82 Å². The summed E-state index contributed by atoms with van der Waals surface area (Å²) in [5, 5.41) is 2.83. The summed E-state index contributed by atoms with van der Waals surface area (Å²) in [5.74, 6) is 1.10. The Kier molecular flexibility index (Phi) is 3.73. The van der Waals surface area contributed by atoms with Crippen LogP contribution in [0.15, 0.2) is 27.3 Å². The van der Waals surface area contributed by atoms with Crippen molar-refractivity contribution in [3.63, 3.8) is 0 Å². The van der Waals surface area contributed by atoms with E-state index in [1.807, 2.05) is 6.92 Å². The third-order valence-corrected chi connectivity index (χ3v) is 2.60. The standard InChI is InChI=1S/C11H11BrFN3O/c1-2-8-5-14-10(17-8)6-16-11-9(13)3-7(12)4-15-11/h3-5H,2,6H2,1H3,(H,15,16). The van der Waals surface area contributed by atoms with Gasteiger partial charge in [0.2, 0.25) is 5.89 Å². The van der Waals surface area contributed by atoms with E-state index >= 15 is 0 Å². The number of aryl methyl sites for hydroxylation is 1. The Morgan fingerprint density at radius 3 is 2.88 bits per heavy atom. The molecule has 0 aliphatic heterocycles. The highest BCUT2D eigenvalue weighted by atomic mass is 79.9. The van der Waals surface area contributed by atoms with Gasteiger partial charge in [0.15, 0.2) is 11.6 Å². The van der Waals surface area contributed by atoms with Crippen LogP contribution in [0.3, 0.4) is 0 Å². The van der Waals surface area contributed by atoms with Crippen molar-refractivity contribution >= 4 is 21.7 Å². The number of hydrogen-bond donors (Lipinski definition) is 1. The van der Waals surface area contributed by atoms with Gasteiger partial charge in [-0.1, -0.05) is 6.92 Å². The third kappa shape index (κ3) is 3.03. The number of hydrogen-bond acceptors (Lipinski definition) is 4. The molecule has 2 aromatic rings. The number of aromatic nitrogens is 2. The molecule has 0 aliphatic carbocycles. The Labute approximate surface area is 106 Å². The normalized spacial score (nSPS) is 10.5. The van der Waals surface area contributed by atoms with Gasteiger partial charge in [-0.05, 0) is 22.0 Å². The third-order valence-electron chi connectivity index (χ3n) is 2.16. The minimum absolute atomic E-state index is 0.185. The Morgan fingerprint density at radius 1 is 1.41 bits per heavy atom. The average Bonchev–Trinajstić information content (AvgIpc) is 2.76. The molecule has 90 valence electrons. The van der Waals surface area contributed by atoms with Crippen molar-refractivity contribution in [1.29, 1.82) is 0 Å². The minimum atomic E-state index is -0.415. The molecule has 2 aromatic heterocycles. The lowest BCUT2D eigenvalue weighted by Gasteiger charge is -2.04. The number of pyridine rings is 1.